The molecule has 10 aromatic rings. The lowest BCUT2D eigenvalue weighted by Gasteiger charge is -2.23. The molecule has 0 saturated carbocycles. The molecule has 2 heteroatoms. The third kappa shape index (κ3) is 4.73. The Hall–Kier alpha value is -6.90. The Kier molecular flexibility index (Phi) is 7.18. The van der Waals surface area contributed by atoms with E-state index in [1.807, 2.05) is 24.5 Å². The number of nitrogens with zero attached hydrogens (tertiary/aromatic N) is 2. The quantitative estimate of drug-likeness (QED) is 0.172. The van der Waals surface area contributed by atoms with Gasteiger partial charge in [-0.05, 0) is 101 Å². The molecule has 52 heavy (non-hydrogen) atoms. The number of hydrogen-bond acceptors (Lipinski definition) is 2. The summed E-state index contributed by atoms with van der Waals surface area (Å²) < 4.78 is 0. The van der Waals surface area contributed by atoms with Gasteiger partial charge in [0.1, 0.15) is 0 Å². The Morgan fingerprint density at radius 2 is 0.462 bits per heavy atom. The van der Waals surface area contributed by atoms with E-state index in [0.29, 0.717) is 0 Å². The van der Waals surface area contributed by atoms with Crippen LogP contribution in [0.5, 0.6) is 0 Å². The van der Waals surface area contributed by atoms with E-state index in [-0.39, 0.29) is 0 Å². The first-order valence-electron chi connectivity index (χ1n) is 17.8. The maximum absolute atomic E-state index is 4.78. The Morgan fingerprint density at radius 3 is 0.750 bits per heavy atom. The van der Waals surface area contributed by atoms with Crippen LogP contribution >= 0.6 is 0 Å². The summed E-state index contributed by atoms with van der Waals surface area (Å²) in [5, 5.41) is 9.78. The van der Waals surface area contributed by atoms with E-state index in [1.165, 1.54) is 76.5 Å². The maximum atomic E-state index is 4.78. The summed E-state index contributed by atoms with van der Waals surface area (Å²) in [6.45, 7) is 0. The Labute approximate surface area is 302 Å². The van der Waals surface area contributed by atoms with Gasteiger partial charge in [-0.25, -0.2) is 0 Å². The second kappa shape index (κ2) is 12.5. The molecule has 0 aliphatic heterocycles. The smallest absolute Gasteiger partial charge is 0.0708 e. The highest BCUT2D eigenvalue weighted by Gasteiger charge is 2.24. The first kappa shape index (κ1) is 30.0. The minimum absolute atomic E-state index is 0.967. The molecule has 242 valence electrons. The lowest BCUT2D eigenvalue weighted by atomic mass is 9.80. The molecular formula is C50H32N2. The van der Waals surface area contributed by atoms with Crippen LogP contribution in [0.3, 0.4) is 0 Å². The largest absolute Gasteiger partial charge is 0.256 e. The standard InChI is InChI=1S/C50H32N2/c1-3-19-35(33(17-1)45-29-13-15-31-51-45)47-37-21-5-9-25-41(37)49(42-26-10-6-22-38(42)47)50-43-27-11-7-23-39(43)48(40-24-8-12-28-44(40)50)36-20-4-2-18-34(36)46-30-14-16-32-52-46/h1-32H. The van der Waals surface area contributed by atoms with Gasteiger partial charge >= 0.3 is 0 Å². The first-order chi connectivity index (χ1) is 25.9. The van der Waals surface area contributed by atoms with Gasteiger partial charge in [-0.3, -0.25) is 9.97 Å². The Balaban J connectivity index is 1.35. The van der Waals surface area contributed by atoms with Crippen molar-refractivity contribution >= 4 is 43.1 Å². The van der Waals surface area contributed by atoms with Crippen LogP contribution in [0.1, 0.15) is 0 Å². The molecule has 2 nitrogen and oxygen atoms in total. The number of fused-ring (bicyclic) bond motifs is 4. The SMILES string of the molecule is c1ccc(-c2ccccc2-c2c3ccccc3c(-c3c4ccccc4c(-c4ccccc4-c4ccccn4)c4ccccc34)c3ccccc23)nc1. The minimum atomic E-state index is 0.967. The number of aromatic nitrogens is 2. The summed E-state index contributed by atoms with van der Waals surface area (Å²) in [6, 6.07) is 65.4. The molecule has 0 amide bonds. The van der Waals surface area contributed by atoms with E-state index >= 15 is 0 Å². The molecule has 0 N–H and O–H groups in total. The van der Waals surface area contributed by atoms with Gasteiger partial charge in [-0.2, -0.15) is 0 Å². The topological polar surface area (TPSA) is 25.8 Å². The fourth-order valence-corrected chi connectivity index (χ4v) is 8.27. The molecule has 8 aromatic carbocycles. The summed E-state index contributed by atoms with van der Waals surface area (Å²) in [6.07, 6.45) is 3.75. The molecule has 0 atom stereocenters. The van der Waals surface area contributed by atoms with Crippen molar-refractivity contribution < 1.29 is 0 Å². The van der Waals surface area contributed by atoms with Gasteiger partial charge in [-0.1, -0.05) is 158 Å². The summed E-state index contributed by atoms with van der Waals surface area (Å²) in [5.41, 5.74) is 11.5. The van der Waals surface area contributed by atoms with Gasteiger partial charge in [0.05, 0.1) is 11.4 Å². The van der Waals surface area contributed by atoms with Crippen LogP contribution < -0.4 is 0 Å². The van der Waals surface area contributed by atoms with Crippen molar-refractivity contribution in [1.82, 2.24) is 9.97 Å². The first-order valence-corrected chi connectivity index (χ1v) is 17.8. The number of pyridine rings is 2. The van der Waals surface area contributed by atoms with Crippen LogP contribution in [0.2, 0.25) is 0 Å². The van der Waals surface area contributed by atoms with Crippen molar-refractivity contribution in [3.05, 3.63) is 194 Å². The fraction of sp³-hybridized carbons (Fsp3) is 0. The molecule has 0 saturated heterocycles. The third-order valence-electron chi connectivity index (χ3n) is 10.4. The van der Waals surface area contributed by atoms with Gasteiger partial charge < -0.3 is 0 Å². The zero-order chi connectivity index (χ0) is 34.4. The normalized spacial score (nSPS) is 11.5. The minimum Gasteiger partial charge on any atom is -0.256 e. The molecule has 0 fully saturated rings. The Morgan fingerprint density at radius 1 is 0.212 bits per heavy atom. The van der Waals surface area contributed by atoms with Gasteiger partial charge in [0.2, 0.25) is 0 Å². The van der Waals surface area contributed by atoms with Crippen molar-refractivity contribution in [1.29, 1.82) is 0 Å². The summed E-state index contributed by atoms with van der Waals surface area (Å²) in [4.78, 5) is 9.57. The molecule has 0 radical (unpaired) electrons. The number of rotatable bonds is 5. The second-order valence-electron chi connectivity index (χ2n) is 13.2. The van der Waals surface area contributed by atoms with Crippen LogP contribution in [0.15, 0.2) is 194 Å². The molecule has 0 bridgehead atoms. The highest BCUT2D eigenvalue weighted by molar-refractivity contribution is 6.30. The predicted molar refractivity (Wildman–Crippen MR) is 219 cm³/mol. The third-order valence-corrected chi connectivity index (χ3v) is 10.4. The van der Waals surface area contributed by atoms with Gasteiger partial charge in [0, 0.05) is 23.5 Å². The lowest BCUT2D eigenvalue weighted by Crippen LogP contribution is -1.96. The zero-order valence-corrected chi connectivity index (χ0v) is 28.4. The number of hydrogen-bond donors (Lipinski definition) is 0. The molecule has 2 aromatic heterocycles. The van der Waals surface area contributed by atoms with Crippen LogP contribution in [-0.2, 0) is 0 Å². The van der Waals surface area contributed by atoms with Crippen LogP contribution in [0, 0.1) is 0 Å². The van der Waals surface area contributed by atoms with Crippen LogP contribution in [0.4, 0.5) is 0 Å². The van der Waals surface area contributed by atoms with Gasteiger partial charge in [-0.15, -0.1) is 0 Å². The summed E-state index contributed by atoms with van der Waals surface area (Å²) in [5.74, 6) is 0. The summed E-state index contributed by atoms with van der Waals surface area (Å²) >= 11 is 0. The van der Waals surface area contributed by atoms with E-state index in [9.17, 15) is 0 Å². The average molecular weight is 661 g/mol. The lowest BCUT2D eigenvalue weighted by molar-refractivity contribution is 1.33. The highest BCUT2D eigenvalue weighted by Crippen LogP contribution is 2.51. The molecule has 0 spiro atoms. The van der Waals surface area contributed by atoms with E-state index in [4.69, 9.17) is 9.97 Å². The predicted octanol–water partition coefficient (Wildman–Crippen LogP) is 13.4. The van der Waals surface area contributed by atoms with Crippen molar-refractivity contribution in [2.24, 2.45) is 0 Å². The second-order valence-corrected chi connectivity index (χ2v) is 13.2. The monoisotopic (exact) mass is 660 g/mol. The van der Waals surface area contributed by atoms with Gasteiger partial charge in [0.15, 0.2) is 0 Å². The van der Waals surface area contributed by atoms with E-state index < -0.39 is 0 Å². The molecule has 2 heterocycles. The van der Waals surface area contributed by atoms with Gasteiger partial charge in [0.25, 0.3) is 0 Å². The van der Waals surface area contributed by atoms with Crippen molar-refractivity contribution in [2.45, 2.75) is 0 Å². The van der Waals surface area contributed by atoms with E-state index in [2.05, 4.69) is 170 Å². The average Bonchev–Trinajstić information content (AvgIpc) is 3.23. The molecule has 0 unspecified atom stereocenters. The van der Waals surface area contributed by atoms with Crippen LogP contribution in [-0.4, -0.2) is 9.97 Å². The summed E-state index contributed by atoms with van der Waals surface area (Å²) in [7, 11) is 0. The van der Waals surface area contributed by atoms with Crippen molar-refractivity contribution in [2.75, 3.05) is 0 Å². The van der Waals surface area contributed by atoms with Crippen LogP contribution in [0.25, 0.3) is 99.0 Å². The molecular weight excluding hydrogens is 629 g/mol. The molecule has 0 aliphatic carbocycles. The van der Waals surface area contributed by atoms with E-state index in [1.54, 1.807) is 0 Å². The highest BCUT2D eigenvalue weighted by atomic mass is 14.7. The fourth-order valence-electron chi connectivity index (χ4n) is 8.27. The number of benzene rings is 8. The molecule has 10 rings (SSSR count). The zero-order valence-electron chi connectivity index (χ0n) is 28.4. The molecule has 0 aliphatic rings. The Bertz CT molecular complexity index is 2630. The van der Waals surface area contributed by atoms with Crippen molar-refractivity contribution in [3.8, 4) is 55.9 Å². The van der Waals surface area contributed by atoms with E-state index in [0.717, 1.165) is 22.5 Å². The van der Waals surface area contributed by atoms with Crippen molar-refractivity contribution in [3.63, 3.8) is 0 Å². The maximum Gasteiger partial charge on any atom is 0.0708 e.